The topological polar surface area (TPSA) is 28.2 Å². The van der Waals surface area contributed by atoms with Crippen LogP contribution in [0, 0.1) is 0 Å². The van der Waals surface area contributed by atoms with E-state index in [9.17, 15) is 0 Å². The van der Waals surface area contributed by atoms with E-state index in [1.54, 1.807) is 0 Å². The van der Waals surface area contributed by atoms with Gasteiger partial charge in [0, 0.05) is 42.7 Å². The quantitative estimate of drug-likeness (QED) is 0.856. The first-order valence-electron chi connectivity index (χ1n) is 7.10. The molecule has 0 bridgehead atoms. The molecule has 0 amide bonds. The molecule has 2 heterocycles. The molecular formula is C16H20BrN3. The summed E-state index contributed by atoms with van der Waals surface area (Å²) in [5.41, 5.74) is 2.29. The van der Waals surface area contributed by atoms with E-state index in [0.29, 0.717) is 0 Å². The number of hydrogen-bond donors (Lipinski definition) is 1. The average molecular weight is 334 g/mol. The predicted molar refractivity (Wildman–Crippen MR) is 86.9 cm³/mol. The van der Waals surface area contributed by atoms with Crippen molar-refractivity contribution in [1.82, 2.24) is 15.2 Å². The number of pyridine rings is 1. The lowest BCUT2D eigenvalue weighted by atomic mass is 9.92. The van der Waals surface area contributed by atoms with Crippen molar-refractivity contribution in [3.05, 3.63) is 40.5 Å². The zero-order valence-electron chi connectivity index (χ0n) is 12.0. The third kappa shape index (κ3) is 2.48. The third-order valence-corrected chi connectivity index (χ3v) is 4.85. The fraction of sp³-hybridized carbons (Fsp3) is 0.438. The number of hydrogen-bond acceptors (Lipinski definition) is 3. The van der Waals surface area contributed by atoms with Crippen LogP contribution in [0.1, 0.15) is 19.4 Å². The van der Waals surface area contributed by atoms with Crippen molar-refractivity contribution in [2.45, 2.75) is 19.4 Å². The molecule has 4 heteroatoms. The SMILES string of the molecule is CC(C)(c1cc2ccccc2nc1Br)N1CCNCC1. The summed E-state index contributed by atoms with van der Waals surface area (Å²) in [5.74, 6) is 0. The van der Waals surface area contributed by atoms with Gasteiger partial charge in [-0.2, -0.15) is 0 Å². The second kappa shape index (κ2) is 5.43. The minimum atomic E-state index is -0.0159. The Balaban J connectivity index is 2.05. The minimum Gasteiger partial charge on any atom is -0.314 e. The van der Waals surface area contributed by atoms with Gasteiger partial charge < -0.3 is 5.32 Å². The summed E-state index contributed by atoms with van der Waals surface area (Å²) < 4.78 is 0.958. The molecule has 3 nitrogen and oxygen atoms in total. The highest BCUT2D eigenvalue weighted by Gasteiger charge is 2.32. The van der Waals surface area contributed by atoms with Crippen LogP contribution in [0.15, 0.2) is 34.9 Å². The van der Waals surface area contributed by atoms with Gasteiger partial charge in [0.05, 0.1) is 5.52 Å². The third-order valence-electron chi connectivity index (χ3n) is 4.24. The first kappa shape index (κ1) is 14.0. The molecule has 106 valence electrons. The number of nitrogens with zero attached hydrogens (tertiary/aromatic N) is 2. The molecule has 1 N–H and O–H groups in total. The van der Waals surface area contributed by atoms with Gasteiger partial charge in [0.15, 0.2) is 0 Å². The second-order valence-corrected chi connectivity index (χ2v) is 6.57. The molecule has 0 spiro atoms. The molecule has 1 aromatic carbocycles. The molecular weight excluding hydrogens is 314 g/mol. The Hall–Kier alpha value is -0.970. The number of aromatic nitrogens is 1. The van der Waals surface area contributed by atoms with Crippen LogP contribution < -0.4 is 5.32 Å². The van der Waals surface area contributed by atoms with E-state index in [-0.39, 0.29) is 5.54 Å². The highest BCUT2D eigenvalue weighted by atomic mass is 79.9. The molecule has 2 aromatic rings. The summed E-state index contributed by atoms with van der Waals surface area (Å²) in [7, 11) is 0. The minimum absolute atomic E-state index is 0.0159. The van der Waals surface area contributed by atoms with Gasteiger partial charge in [-0.1, -0.05) is 18.2 Å². The first-order chi connectivity index (χ1) is 9.59. The van der Waals surface area contributed by atoms with Crippen molar-refractivity contribution in [3.63, 3.8) is 0 Å². The Kier molecular flexibility index (Phi) is 3.80. The van der Waals surface area contributed by atoms with Crippen molar-refractivity contribution in [3.8, 4) is 0 Å². The van der Waals surface area contributed by atoms with Gasteiger partial charge in [0.2, 0.25) is 0 Å². The van der Waals surface area contributed by atoms with Crippen LogP contribution in [0.25, 0.3) is 10.9 Å². The van der Waals surface area contributed by atoms with Crippen molar-refractivity contribution < 1.29 is 0 Å². The Labute approximate surface area is 128 Å². The first-order valence-corrected chi connectivity index (χ1v) is 7.90. The fourth-order valence-electron chi connectivity index (χ4n) is 2.92. The standard InChI is InChI=1S/C16H20BrN3/c1-16(2,20-9-7-18-8-10-20)13-11-12-5-3-4-6-14(12)19-15(13)17/h3-6,11,18H,7-10H2,1-2H3. The summed E-state index contributed by atoms with van der Waals surface area (Å²) in [6, 6.07) is 10.6. The summed E-state index contributed by atoms with van der Waals surface area (Å²) in [6.45, 7) is 8.84. The van der Waals surface area contributed by atoms with Gasteiger partial charge in [-0.15, -0.1) is 0 Å². The van der Waals surface area contributed by atoms with Crippen LogP contribution in [-0.2, 0) is 5.54 Å². The molecule has 0 atom stereocenters. The van der Waals surface area contributed by atoms with Crippen molar-refractivity contribution in [2.24, 2.45) is 0 Å². The molecule has 1 aliphatic rings. The number of rotatable bonds is 2. The van der Waals surface area contributed by atoms with Crippen LogP contribution in [0.3, 0.4) is 0 Å². The average Bonchev–Trinajstić information content (AvgIpc) is 2.47. The maximum atomic E-state index is 4.71. The van der Waals surface area contributed by atoms with Gasteiger partial charge in [-0.25, -0.2) is 4.98 Å². The van der Waals surface area contributed by atoms with E-state index in [1.165, 1.54) is 10.9 Å². The molecule has 1 aromatic heterocycles. The molecule has 0 radical (unpaired) electrons. The van der Waals surface area contributed by atoms with Crippen molar-refractivity contribution in [1.29, 1.82) is 0 Å². The van der Waals surface area contributed by atoms with Crippen LogP contribution >= 0.6 is 15.9 Å². The van der Waals surface area contributed by atoms with Crippen LogP contribution in [0.4, 0.5) is 0 Å². The number of piperazine rings is 1. The highest BCUT2D eigenvalue weighted by molar-refractivity contribution is 9.10. The predicted octanol–water partition coefficient (Wildman–Crippen LogP) is 3.14. The lowest BCUT2D eigenvalue weighted by Crippen LogP contribution is -2.52. The normalized spacial score (nSPS) is 17.6. The van der Waals surface area contributed by atoms with E-state index in [1.807, 2.05) is 6.07 Å². The summed E-state index contributed by atoms with van der Waals surface area (Å²) in [4.78, 5) is 7.24. The van der Waals surface area contributed by atoms with E-state index in [2.05, 4.69) is 64.3 Å². The largest absolute Gasteiger partial charge is 0.314 e. The van der Waals surface area contributed by atoms with Crippen molar-refractivity contribution in [2.75, 3.05) is 26.2 Å². The summed E-state index contributed by atoms with van der Waals surface area (Å²) >= 11 is 3.67. The van der Waals surface area contributed by atoms with E-state index >= 15 is 0 Å². The van der Waals surface area contributed by atoms with E-state index < -0.39 is 0 Å². The van der Waals surface area contributed by atoms with Crippen LogP contribution in [0.2, 0.25) is 0 Å². The van der Waals surface area contributed by atoms with Crippen LogP contribution in [-0.4, -0.2) is 36.1 Å². The zero-order chi connectivity index (χ0) is 14.2. The van der Waals surface area contributed by atoms with Gasteiger partial charge in [0.1, 0.15) is 4.60 Å². The Morgan fingerprint density at radius 1 is 1.20 bits per heavy atom. The maximum absolute atomic E-state index is 4.71. The smallest absolute Gasteiger partial charge is 0.111 e. The van der Waals surface area contributed by atoms with Gasteiger partial charge in [0.25, 0.3) is 0 Å². The molecule has 1 saturated heterocycles. The van der Waals surface area contributed by atoms with Gasteiger partial charge in [-0.05, 0) is 41.9 Å². The molecule has 1 aliphatic heterocycles. The lowest BCUT2D eigenvalue weighted by molar-refractivity contribution is 0.102. The van der Waals surface area contributed by atoms with E-state index in [4.69, 9.17) is 4.98 Å². The summed E-state index contributed by atoms with van der Waals surface area (Å²) in [5, 5.41) is 4.62. The van der Waals surface area contributed by atoms with Gasteiger partial charge in [-0.3, -0.25) is 4.90 Å². The Morgan fingerprint density at radius 2 is 1.90 bits per heavy atom. The molecule has 0 unspecified atom stereocenters. The molecule has 1 fully saturated rings. The van der Waals surface area contributed by atoms with Crippen LogP contribution in [0.5, 0.6) is 0 Å². The number of fused-ring (bicyclic) bond motifs is 1. The highest BCUT2D eigenvalue weighted by Crippen LogP contribution is 2.34. The zero-order valence-corrected chi connectivity index (χ0v) is 13.6. The second-order valence-electron chi connectivity index (χ2n) is 5.82. The number of halogens is 1. The summed E-state index contributed by atoms with van der Waals surface area (Å²) in [6.07, 6.45) is 0. The maximum Gasteiger partial charge on any atom is 0.111 e. The number of nitrogens with one attached hydrogen (secondary N) is 1. The van der Waals surface area contributed by atoms with E-state index in [0.717, 1.165) is 36.3 Å². The molecule has 0 saturated carbocycles. The van der Waals surface area contributed by atoms with Gasteiger partial charge >= 0.3 is 0 Å². The molecule has 3 rings (SSSR count). The monoisotopic (exact) mass is 333 g/mol. The number of benzene rings is 1. The lowest BCUT2D eigenvalue weighted by Gasteiger charge is -2.41. The Bertz CT molecular complexity index is 618. The molecule has 20 heavy (non-hydrogen) atoms. The van der Waals surface area contributed by atoms with Crippen molar-refractivity contribution >= 4 is 26.8 Å². The fourth-order valence-corrected chi connectivity index (χ4v) is 3.71. The Morgan fingerprint density at radius 3 is 2.65 bits per heavy atom. The molecule has 0 aliphatic carbocycles. The number of para-hydroxylation sites is 1.